The highest BCUT2D eigenvalue weighted by Crippen LogP contribution is 2.35. The molecule has 2 amide bonds. The minimum absolute atomic E-state index is 0.0591. The minimum Gasteiger partial charge on any atom is -0.493 e. The number of likely N-dealkylation sites (N-methyl/N-ethyl adjacent to an activating group) is 1. The molecule has 2 aliphatic rings. The van der Waals surface area contributed by atoms with Crippen molar-refractivity contribution in [2.24, 2.45) is 0 Å². The molecule has 262 valence electrons. The smallest absolute Gasteiger partial charge is 0.262 e. The topological polar surface area (TPSA) is 121 Å². The van der Waals surface area contributed by atoms with Crippen LogP contribution in [-0.2, 0) is 0 Å². The molecule has 12 heteroatoms. The van der Waals surface area contributed by atoms with Gasteiger partial charge in [-0.25, -0.2) is 9.37 Å². The Morgan fingerprint density at radius 3 is 2.42 bits per heavy atom. The van der Waals surface area contributed by atoms with Gasteiger partial charge in [-0.05, 0) is 88.2 Å². The lowest BCUT2D eigenvalue weighted by Gasteiger charge is -2.39. The lowest BCUT2D eigenvalue weighted by molar-refractivity contribution is 0.0936. The molecule has 2 heterocycles. The Morgan fingerprint density at radius 1 is 0.960 bits per heavy atom. The van der Waals surface area contributed by atoms with Gasteiger partial charge in [-0.1, -0.05) is 31.0 Å². The molecule has 50 heavy (non-hydrogen) atoms. The molecule has 1 saturated heterocycles. The number of carbonyl (C=O) groups is 2. The van der Waals surface area contributed by atoms with Crippen molar-refractivity contribution in [3.63, 3.8) is 0 Å². The van der Waals surface area contributed by atoms with Gasteiger partial charge in [0.2, 0.25) is 11.8 Å². The van der Waals surface area contributed by atoms with Gasteiger partial charge >= 0.3 is 0 Å². The molecular formula is C38H44FN7O4. The monoisotopic (exact) mass is 681 g/mol. The van der Waals surface area contributed by atoms with Crippen molar-refractivity contribution in [2.45, 2.75) is 58.5 Å². The van der Waals surface area contributed by atoms with Crippen LogP contribution < -0.4 is 30.3 Å². The van der Waals surface area contributed by atoms with Crippen molar-refractivity contribution in [2.75, 3.05) is 49.3 Å². The fraction of sp³-hybridized carbons (Fsp3) is 0.368. The Bertz CT molecular complexity index is 1860. The van der Waals surface area contributed by atoms with Crippen LogP contribution in [0.15, 0.2) is 60.8 Å². The van der Waals surface area contributed by atoms with E-state index in [0.717, 1.165) is 56.4 Å². The van der Waals surface area contributed by atoms with Crippen LogP contribution in [0.1, 0.15) is 64.4 Å². The van der Waals surface area contributed by atoms with Crippen molar-refractivity contribution >= 4 is 34.8 Å². The second-order valence-corrected chi connectivity index (χ2v) is 13.1. The van der Waals surface area contributed by atoms with Crippen molar-refractivity contribution in [1.82, 2.24) is 20.2 Å². The van der Waals surface area contributed by atoms with Gasteiger partial charge in [-0.3, -0.25) is 9.59 Å². The summed E-state index contributed by atoms with van der Waals surface area (Å²) in [4.78, 5) is 39.9. The molecule has 4 aromatic rings. The molecule has 0 radical (unpaired) electrons. The van der Waals surface area contributed by atoms with E-state index in [1.807, 2.05) is 36.9 Å². The number of carbonyl (C=O) groups excluding carboxylic acids is 2. The van der Waals surface area contributed by atoms with Gasteiger partial charge < -0.3 is 35.2 Å². The van der Waals surface area contributed by atoms with E-state index in [-0.39, 0.29) is 46.7 Å². The van der Waals surface area contributed by atoms with Crippen LogP contribution in [0.2, 0.25) is 0 Å². The third-order valence-corrected chi connectivity index (χ3v) is 9.55. The number of nitrogens with one attached hydrogen (secondary N) is 3. The normalized spacial score (nSPS) is 16.6. The third kappa shape index (κ3) is 7.81. The number of aryl methyl sites for hydroxylation is 2. The summed E-state index contributed by atoms with van der Waals surface area (Å²) in [5.41, 5.74) is 3.92. The maximum absolute atomic E-state index is 15.4. The second-order valence-electron chi connectivity index (χ2n) is 13.1. The van der Waals surface area contributed by atoms with Crippen LogP contribution >= 0.6 is 0 Å². The van der Waals surface area contributed by atoms with Crippen LogP contribution in [-0.4, -0.2) is 72.6 Å². The second kappa shape index (κ2) is 15.1. The zero-order valence-corrected chi connectivity index (χ0v) is 29.2. The van der Waals surface area contributed by atoms with Crippen molar-refractivity contribution in [3.8, 4) is 17.4 Å². The lowest BCUT2D eigenvalue weighted by atomic mass is 10.1. The van der Waals surface area contributed by atoms with Crippen LogP contribution in [0.25, 0.3) is 0 Å². The van der Waals surface area contributed by atoms with E-state index in [1.54, 1.807) is 30.3 Å². The molecule has 1 aliphatic heterocycles. The van der Waals surface area contributed by atoms with Crippen LogP contribution in [0.4, 0.5) is 27.4 Å². The minimum atomic E-state index is -0.479. The van der Waals surface area contributed by atoms with Gasteiger partial charge in [0.25, 0.3) is 11.8 Å². The van der Waals surface area contributed by atoms with Gasteiger partial charge in [0, 0.05) is 54.9 Å². The standard InChI is InChI=1S/C38H44FN7O4/c1-23-9-8-10-24(2)34(23)43-36(48)29-21-40-38(42-28-14-15-31(30(39)20-28)46-18-17-45(4)25(3)22-46)44-37(29)50-32-16-13-26(19-33(32)49-5)35(47)41-27-11-6-7-12-27/h8-10,13-16,19-21,25,27H,6-7,11-12,17-18,22H2,1-5H3,(H,41,47)(H,43,48)(H,40,42,44). The molecule has 1 aromatic heterocycles. The number of piperazine rings is 1. The first-order valence-electron chi connectivity index (χ1n) is 17.0. The predicted octanol–water partition coefficient (Wildman–Crippen LogP) is 6.84. The number of hydrogen-bond donors (Lipinski definition) is 3. The average molecular weight is 682 g/mol. The molecule has 1 atom stereocenters. The van der Waals surface area contributed by atoms with Crippen molar-refractivity contribution in [1.29, 1.82) is 0 Å². The van der Waals surface area contributed by atoms with E-state index in [4.69, 9.17) is 9.47 Å². The number of ether oxygens (including phenoxy) is 2. The average Bonchev–Trinajstić information content (AvgIpc) is 3.61. The quantitative estimate of drug-likeness (QED) is 0.165. The van der Waals surface area contributed by atoms with Crippen LogP contribution in [0.3, 0.4) is 0 Å². The fourth-order valence-electron chi connectivity index (χ4n) is 6.43. The summed E-state index contributed by atoms with van der Waals surface area (Å²) in [5.74, 6) is -0.473. The third-order valence-electron chi connectivity index (χ3n) is 9.55. The molecule has 1 saturated carbocycles. The molecular weight excluding hydrogens is 637 g/mol. The van der Waals surface area contributed by atoms with E-state index < -0.39 is 5.91 Å². The largest absolute Gasteiger partial charge is 0.493 e. The summed E-state index contributed by atoms with van der Waals surface area (Å²) in [7, 11) is 3.55. The zero-order valence-electron chi connectivity index (χ0n) is 29.2. The number of amides is 2. The number of hydrogen-bond acceptors (Lipinski definition) is 9. The van der Waals surface area contributed by atoms with E-state index >= 15 is 4.39 Å². The number of rotatable bonds is 10. The maximum Gasteiger partial charge on any atom is 0.262 e. The Kier molecular flexibility index (Phi) is 10.5. The highest BCUT2D eigenvalue weighted by atomic mass is 19.1. The Hall–Kier alpha value is -5.23. The Balaban J connectivity index is 1.28. The van der Waals surface area contributed by atoms with Crippen LogP contribution in [0, 0.1) is 19.7 Å². The highest BCUT2D eigenvalue weighted by molar-refractivity contribution is 6.06. The first-order valence-corrected chi connectivity index (χ1v) is 17.0. The molecule has 0 spiro atoms. The Morgan fingerprint density at radius 2 is 1.72 bits per heavy atom. The number of anilines is 4. The number of nitrogens with zero attached hydrogens (tertiary/aromatic N) is 4. The number of halogens is 1. The number of benzene rings is 3. The first-order chi connectivity index (χ1) is 24.1. The van der Waals surface area contributed by atoms with Gasteiger partial charge in [-0.2, -0.15) is 4.98 Å². The van der Waals surface area contributed by atoms with Crippen LogP contribution in [0.5, 0.6) is 17.4 Å². The van der Waals surface area contributed by atoms with Crippen molar-refractivity contribution in [3.05, 3.63) is 88.9 Å². The van der Waals surface area contributed by atoms with Gasteiger partial charge in [0.15, 0.2) is 11.5 Å². The molecule has 2 fully saturated rings. The number of aromatic nitrogens is 2. The summed E-state index contributed by atoms with van der Waals surface area (Å²) in [6.45, 7) is 8.25. The van der Waals surface area contributed by atoms with E-state index in [1.165, 1.54) is 19.4 Å². The molecule has 3 aromatic carbocycles. The molecule has 0 bridgehead atoms. The van der Waals surface area contributed by atoms with E-state index in [0.29, 0.717) is 28.7 Å². The number of methoxy groups -OCH3 is 1. The lowest BCUT2D eigenvalue weighted by Crippen LogP contribution is -2.50. The molecule has 1 unspecified atom stereocenters. The fourth-order valence-corrected chi connectivity index (χ4v) is 6.43. The highest BCUT2D eigenvalue weighted by Gasteiger charge is 2.25. The summed E-state index contributed by atoms with van der Waals surface area (Å²) < 4.78 is 27.3. The van der Waals surface area contributed by atoms with E-state index in [2.05, 4.69) is 44.8 Å². The summed E-state index contributed by atoms with van der Waals surface area (Å²) in [5, 5.41) is 9.10. The summed E-state index contributed by atoms with van der Waals surface area (Å²) >= 11 is 0. The first kappa shape index (κ1) is 34.6. The van der Waals surface area contributed by atoms with Gasteiger partial charge in [0.1, 0.15) is 11.4 Å². The SMILES string of the molecule is COc1cc(C(=O)NC2CCCC2)ccc1Oc1nc(Nc2ccc(N3CCN(C)C(C)C3)c(F)c2)ncc1C(=O)Nc1c(C)cccc1C. The maximum atomic E-state index is 15.4. The molecule has 3 N–H and O–H groups in total. The molecule has 6 rings (SSSR count). The molecule has 1 aliphatic carbocycles. The van der Waals surface area contributed by atoms with Crippen molar-refractivity contribution < 1.29 is 23.5 Å². The summed E-state index contributed by atoms with van der Waals surface area (Å²) in [6, 6.07) is 16.0. The van der Waals surface area contributed by atoms with E-state index in [9.17, 15) is 9.59 Å². The number of para-hydroxylation sites is 1. The molecule has 11 nitrogen and oxygen atoms in total. The predicted molar refractivity (Wildman–Crippen MR) is 193 cm³/mol. The zero-order chi connectivity index (χ0) is 35.4. The van der Waals surface area contributed by atoms with Gasteiger partial charge in [0.05, 0.1) is 12.8 Å². The van der Waals surface area contributed by atoms with Gasteiger partial charge in [-0.15, -0.1) is 0 Å². The Labute approximate surface area is 292 Å². The summed E-state index contributed by atoms with van der Waals surface area (Å²) in [6.07, 6.45) is 5.50.